The molecule has 5 nitrogen and oxygen atoms in total. The van der Waals surface area contributed by atoms with E-state index in [2.05, 4.69) is 10.3 Å². The molecule has 2 amide bonds. The monoisotopic (exact) mass is 377 g/mol. The molecule has 1 aliphatic heterocycles. The maximum absolute atomic E-state index is 13.5. The third kappa shape index (κ3) is 3.71. The SMILES string of the molecule is Cc1cc(C(=O)Nc2cccc(CN3CCCC3=O)c2)c2ccc(F)cc2n1. The van der Waals surface area contributed by atoms with Crippen LogP contribution in [0.3, 0.4) is 0 Å². The van der Waals surface area contributed by atoms with Gasteiger partial charge < -0.3 is 10.2 Å². The third-order valence-electron chi connectivity index (χ3n) is 4.87. The van der Waals surface area contributed by atoms with Crippen molar-refractivity contribution in [3.63, 3.8) is 0 Å². The maximum Gasteiger partial charge on any atom is 0.256 e. The maximum atomic E-state index is 13.5. The number of hydrogen-bond donors (Lipinski definition) is 1. The van der Waals surface area contributed by atoms with E-state index in [0.29, 0.717) is 40.8 Å². The van der Waals surface area contributed by atoms with Crippen LogP contribution in [-0.2, 0) is 11.3 Å². The molecule has 1 aliphatic rings. The van der Waals surface area contributed by atoms with Crippen molar-refractivity contribution in [3.05, 3.63) is 71.2 Å². The Morgan fingerprint density at radius 1 is 1.21 bits per heavy atom. The number of aryl methyl sites for hydroxylation is 1. The average Bonchev–Trinajstić information content (AvgIpc) is 3.05. The molecule has 6 heteroatoms. The number of halogens is 1. The first-order chi connectivity index (χ1) is 13.5. The van der Waals surface area contributed by atoms with Crippen LogP contribution in [0, 0.1) is 12.7 Å². The number of amides is 2. The summed E-state index contributed by atoms with van der Waals surface area (Å²) in [6.07, 6.45) is 1.50. The minimum Gasteiger partial charge on any atom is -0.338 e. The van der Waals surface area contributed by atoms with Gasteiger partial charge in [-0.05, 0) is 49.2 Å². The summed E-state index contributed by atoms with van der Waals surface area (Å²) in [5.41, 5.74) is 3.16. The summed E-state index contributed by atoms with van der Waals surface area (Å²) in [5, 5.41) is 3.51. The molecule has 1 N–H and O–H groups in total. The largest absolute Gasteiger partial charge is 0.338 e. The average molecular weight is 377 g/mol. The first-order valence-electron chi connectivity index (χ1n) is 9.24. The zero-order chi connectivity index (χ0) is 19.7. The zero-order valence-corrected chi connectivity index (χ0v) is 15.5. The van der Waals surface area contributed by atoms with Crippen molar-refractivity contribution >= 4 is 28.4 Å². The summed E-state index contributed by atoms with van der Waals surface area (Å²) in [6.45, 7) is 3.09. The molecule has 4 rings (SSSR count). The van der Waals surface area contributed by atoms with E-state index in [1.54, 1.807) is 19.1 Å². The van der Waals surface area contributed by atoms with Gasteiger partial charge in [0, 0.05) is 42.3 Å². The van der Waals surface area contributed by atoms with Gasteiger partial charge in [-0.2, -0.15) is 0 Å². The van der Waals surface area contributed by atoms with Gasteiger partial charge in [0.2, 0.25) is 5.91 Å². The summed E-state index contributed by atoms with van der Waals surface area (Å²) >= 11 is 0. The molecule has 0 spiro atoms. The van der Waals surface area contributed by atoms with Gasteiger partial charge >= 0.3 is 0 Å². The number of likely N-dealkylation sites (tertiary alicyclic amines) is 1. The predicted molar refractivity (Wildman–Crippen MR) is 105 cm³/mol. The highest BCUT2D eigenvalue weighted by atomic mass is 19.1. The van der Waals surface area contributed by atoms with Crippen LogP contribution < -0.4 is 5.32 Å². The molecule has 1 saturated heterocycles. The second-order valence-electron chi connectivity index (χ2n) is 7.05. The zero-order valence-electron chi connectivity index (χ0n) is 15.5. The molecule has 0 atom stereocenters. The molecule has 0 unspecified atom stereocenters. The highest BCUT2D eigenvalue weighted by Gasteiger charge is 2.20. The van der Waals surface area contributed by atoms with E-state index in [4.69, 9.17) is 0 Å². The van der Waals surface area contributed by atoms with E-state index in [-0.39, 0.29) is 17.6 Å². The van der Waals surface area contributed by atoms with Crippen molar-refractivity contribution < 1.29 is 14.0 Å². The summed E-state index contributed by atoms with van der Waals surface area (Å²) in [7, 11) is 0. The van der Waals surface area contributed by atoms with Crippen molar-refractivity contribution in [1.82, 2.24) is 9.88 Å². The molecule has 0 bridgehead atoms. The summed E-state index contributed by atoms with van der Waals surface area (Å²) < 4.78 is 13.5. The van der Waals surface area contributed by atoms with Gasteiger partial charge in [-0.3, -0.25) is 14.6 Å². The Hall–Kier alpha value is -3.28. The molecule has 28 heavy (non-hydrogen) atoms. The van der Waals surface area contributed by atoms with Gasteiger partial charge in [0.05, 0.1) is 11.1 Å². The second-order valence-corrected chi connectivity index (χ2v) is 7.05. The first kappa shape index (κ1) is 18.1. The summed E-state index contributed by atoms with van der Waals surface area (Å²) in [5.74, 6) is -0.502. The van der Waals surface area contributed by atoms with E-state index in [1.165, 1.54) is 12.1 Å². The molecular formula is C22H20FN3O2. The van der Waals surface area contributed by atoms with E-state index >= 15 is 0 Å². The summed E-state index contributed by atoms with van der Waals surface area (Å²) in [4.78, 5) is 30.8. The number of nitrogens with one attached hydrogen (secondary N) is 1. The van der Waals surface area contributed by atoms with Crippen LogP contribution in [-0.4, -0.2) is 28.2 Å². The Labute approximate surface area is 162 Å². The van der Waals surface area contributed by atoms with Crippen LogP contribution >= 0.6 is 0 Å². The number of aromatic nitrogens is 1. The van der Waals surface area contributed by atoms with Gasteiger partial charge in [-0.15, -0.1) is 0 Å². The number of anilines is 1. The number of carbonyl (C=O) groups is 2. The molecular weight excluding hydrogens is 357 g/mol. The number of nitrogens with zero attached hydrogens (tertiary/aromatic N) is 2. The molecule has 2 aromatic carbocycles. The Morgan fingerprint density at radius 2 is 2.07 bits per heavy atom. The van der Waals surface area contributed by atoms with Crippen LogP contribution in [0.2, 0.25) is 0 Å². The number of carbonyl (C=O) groups excluding carboxylic acids is 2. The van der Waals surface area contributed by atoms with Crippen molar-refractivity contribution in [1.29, 1.82) is 0 Å². The molecule has 0 radical (unpaired) electrons. The number of benzene rings is 2. The number of pyridine rings is 1. The third-order valence-corrected chi connectivity index (χ3v) is 4.87. The molecule has 1 aromatic heterocycles. The molecule has 0 aliphatic carbocycles. The van der Waals surface area contributed by atoms with Gasteiger partial charge in [0.15, 0.2) is 0 Å². The summed E-state index contributed by atoms with van der Waals surface area (Å²) in [6, 6.07) is 13.4. The van der Waals surface area contributed by atoms with E-state index in [9.17, 15) is 14.0 Å². The highest BCUT2D eigenvalue weighted by molar-refractivity contribution is 6.12. The molecule has 1 fully saturated rings. The fraction of sp³-hybridized carbons (Fsp3) is 0.227. The lowest BCUT2D eigenvalue weighted by molar-refractivity contribution is -0.128. The van der Waals surface area contributed by atoms with Crippen molar-refractivity contribution in [3.8, 4) is 0 Å². The Balaban J connectivity index is 1.58. The highest BCUT2D eigenvalue weighted by Crippen LogP contribution is 2.22. The van der Waals surface area contributed by atoms with E-state index in [1.807, 2.05) is 29.2 Å². The van der Waals surface area contributed by atoms with E-state index in [0.717, 1.165) is 18.5 Å². The first-order valence-corrected chi connectivity index (χ1v) is 9.24. The molecule has 142 valence electrons. The molecule has 3 aromatic rings. The van der Waals surface area contributed by atoms with Crippen LogP contribution in [0.15, 0.2) is 48.5 Å². The quantitative estimate of drug-likeness (QED) is 0.746. The molecule has 2 heterocycles. The lowest BCUT2D eigenvalue weighted by atomic mass is 10.1. The van der Waals surface area contributed by atoms with Gasteiger partial charge in [0.1, 0.15) is 5.82 Å². The standard InChI is InChI=1S/C22H20FN3O2/c1-14-10-19(18-8-7-16(23)12-20(18)24-14)22(28)25-17-5-2-4-15(11-17)13-26-9-3-6-21(26)27/h2,4-5,7-8,10-12H,3,6,9,13H2,1H3,(H,25,28). The Morgan fingerprint density at radius 3 is 2.86 bits per heavy atom. The Bertz CT molecular complexity index is 1080. The minimum absolute atomic E-state index is 0.167. The predicted octanol–water partition coefficient (Wildman–Crippen LogP) is 4.06. The van der Waals surface area contributed by atoms with Crippen molar-refractivity contribution in [2.75, 3.05) is 11.9 Å². The van der Waals surface area contributed by atoms with Crippen molar-refractivity contribution in [2.24, 2.45) is 0 Å². The lowest BCUT2D eigenvalue weighted by Gasteiger charge is -2.16. The number of hydrogen-bond acceptors (Lipinski definition) is 3. The lowest BCUT2D eigenvalue weighted by Crippen LogP contribution is -2.23. The molecule has 0 saturated carbocycles. The van der Waals surface area contributed by atoms with Crippen LogP contribution in [0.1, 0.15) is 34.5 Å². The Kier molecular flexibility index (Phi) is 4.77. The van der Waals surface area contributed by atoms with Gasteiger partial charge in [-0.1, -0.05) is 12.1 Å². The minimum atomic E-state index is -0.388. The van der Waals surface area contributed by atoms with Crippen molar-refractivity contribution in [2.45, 2.75) is 26.3 Å². The van der Waals surface area contributed by atoms with Gasteiger partial charge in [-0.25, -0.2) is 4.39 Å². The fourth-order valence-corrected chi connectivity index (χ4v) is 3.56. The topological polar surface area (TPSA) is 62.3 Å². The van der Waals surface area contributed by atoms with Gasteiger partial charge in [0.25, 0.3) is 5.91 Å². The smallest absolute Gasteiger partial charge is 0.256 e. The number of rotatable bonds is 4. The van der Waals surface area contributed by atoms with Crippen LogP contribution in [0.5, 0.6) is 0 Å². The van der Waals surface area contributed by atoms with E-state index < -0.39 is 0 Å². The second kappa shape index (κ2) is 7.38. The normalized spacial score (nSPS) is 13.9. The van der Waals surface area contributed by atoms with Crippen LogP contribution in [0.4, 0.5) is 10.1 Å². The fourth-order valence-electron chi connectivity index (χ4n) is 3.56. The number of fused-ring (bicyclic) bond motifs is 1. The van der Waals surface area contributed by atoms with Crippen LogP contribution in [0.25, 0.3) is 10.9 Å².